The van der Waals surface area contributed by atoms with Crippen molar-refractivity contribution in [1.29, 1.82) is 0 Å². The quantitative estimate of drug-likeness (QED) is 0.665. The number of rotatable bonds is 6. The van der Waals surface area contributed by atoms with Gasteiger partial charge in [0, 0.05) is 6.54 Å². The molecule has 0 unspecified atom stereocenters. The summed E-state index contributed by atoms with van der Waals surface area (Å²) in [7, 11) is -0.704. The molecule has 0 fully saturated rings. The minimum Gasteiger partial charge on any atom is -0.504 e. The Labute approximate surface area is 111 Å². The molecule has 1 rings (SSSR count). The van der Waals surface area contributed by atoms with Gasteiger partial charge in [-0.15, -0.1) is 0 Å². The molecule has 0 atom stereocenters. The highest BCUT2D eigenvalue weighted by atomic mass is 32.2. The summed E-state index contributed by atoms with van der Waals surface area (Å²) in [5.74, 6) is -0.905. The number of phenolic OH excluding ortho intramolecular Hbond substituents is 1. The van der Waals surface area contributed by atoms with E-state index in [0.29, 0.717) is 0 Å². The van der Waals surface area contributed by atoms with E-state index in [1.54, 1.807) is 6.07 Å². The first-order chi connectivity index (χ1) is 8.91. The number of amides is 1. The number of phenols is 1. The van der Waals surface area contributed by atoms with Gasteiger partial charge in [0.05, 0.1) is 18.4 Å². The van der Waals surface area contributed by atoms with Crippen molar-refractivity contribution in [3.8, 4) is 11.5 Å². The minimum atomic E-state index is -3.37. The Kier molecular flexibility index (Phi) is 5.13. The van der Waals surface area contributed by atoms with Gasteiger partial charge in [-0.2, -0.15) is 0 Å². The van der Waals surface area contributed by atoms with Crippen LogP contribution in [0.3, 0.4) is 0 Å². The monoisotopic (exact) mass is 288 g/mol. The zero-order valence-corrected chi connectivity index (χ0v) is 11.5. The van der Waals surface area contributed by atoms with Crippen LogP contribution in [0, 0.1) is 0 Å². The van der Waals surface area contributed by atoms with Crippen LogP contribution in [0.1, 0.15) is 10.4 Å². The van der Waals surface area contributed by atoms with Crippen LogP contribution in [-0.2, 0) is 10.0 Å². The van der Waals surface area contributed by atoms with Gasteiger partial charge in [0.15, 0.2) is 11.5 Å². The van der Waals surface area contributed by atoms with Crippen molar-refractivity contribution < 1.29 is 23.1 Å². The Bertz CT molecular complexity index is 556. The molecule has 0 radical (unpaired) electrons. The largest absolute Gasteiger partial charge is 0.504 e. The Morgan fingerprint density at radius 2 is 2.11 bits per heavy atom. The fourth-order valence-electron chi connectivity index (χ4n) is 1.37. The second-order valence-corrected chi connectivity index (χ2v) is 5.68. The van der Waals surface area contributed by atoms with Crippen molar-refractivity contribution >= 4 is 15.9 Å². The van der Waals surface area contributed by atoms with E-state index >= 15 is 0 Å². The molecule has 0 aliphatic heterocycles. The molecule has 0 saturated heterocycles. The number of nitrogens with one attached hydrogen (secondary N) is 2. The molecule has 0 heterocycles. The first kappa shape index (κ1) is 15.3. The van der Waals surface area contributed by atoms with Crippen molar-refractivity contribution in [1.82, 2.24) is 10.0 Å². The summed E-state index contributed by atoms with van der Waals surface area (Å²) in [6, 6.07) is 4.48. The highest BCUT2D eigenvalue weighted by Crippen LogP contribution is 2.28. The average molecular weight is 288 g/mol. The molecular weight excluding hydrogens is 272 g/mol. The van der Waals surface area contributed by atoms with Gasteiger partial charge < -0.3 is 15.2 Å². The smallest absolute Gasteiger partial charge is 0.255 e. The van der Waals surface area contributed by atoms with Crippen LogP contribution in [0.25, 0.3) is 0 Å². The van der Waals surface area contributed by atoms with Gasteiger partial charge in [0.2, 0.25) is 10.0 Å². The van der Waals surface area contributed by atoms with Crippen molar-refractivity contribution in [2.24, 2.45) is 0 Å². The first-order valence-corrected chi connectivity index (χ1v) is 7.12. The van der Waals surface area contributed by atoms with Crippen LogP contribution in [0.4, 0.5) is 0 Å². The Morgan fingerprint density at radius 1 is 1.42 bits per heavy atom. The second-order valence-electron chi connectivity index (χ2n) is 3.64. The van der Waals surface area contributed by atoms with Gasteiger partial charge in [0.1, 0.15) is 0 Å². The maximum atomic E-state index is 11.8. The lowest BCUT2D eigenvalue weighted by Crippen LogP contribution is -2.33. The number of benzene rings is 1. The maximum Gasteiger partial charge on any atom is 0.255 e. The number of sulfonamides is 1. The standard InChI is InChI=1S/C11H16N2O5S/c1-12-19(16,17)7-6-13-11(15)8-4-3-5-9(18-2)10(8)14/h3-5,12,14H,6-7H2,1-2H3,(H,13,15). The van der Waals surface area contributed by atoms with Crippen LogP contribution < -0.4 is 14.8 Å². The molecule has 1 amide bonds. The molecule has 0 aliphatic rings. The van der Waals surface area contributed by atoms with Crippen LogP contribution in [0.15, 0.2) is 18.2 Å². The molecule has 1 aromatic rings. The summed E-state index contributed by atoms with van der Waals surface area (Å²) < 4.78 is 29.3. The lowest BCUT2D eigenvalue weighted by Gasteiger charge is -2.09. The van der Waals surface area contributed by atoms with E-state index < -0.39 is 15.9 Å². The zero-order valence-electron chi connectivity index (χ0n) is 10.6. The van der Waals surface area contributed by atoms with E-state index in [1.807, 2.05) is 0 Å². The lowest BCUT2D eigenvalue weighted by atomic mass is 10.1. The van der Waals surface area contributed by atoms with Gasteiger partial charge in [-0.3, -0.25) is 4.79 Å². The van der Waals surface area contributed by atoms with Gasteiger partial charge in [-0.05, 0) is 19.2 Å². The molecule has 3 N–H and O–H groups in total. The number of hydrogen-bond donors (Lipinski definition) is 3. The van der Waals surface area contributed by atoms with Crippen LogP contribution in [-0.4, -0.2) is 45.9 Å². The molecule has 0 spiro atoms. The Balaban J connectivity index is 2.69. The molecule has 0 aromatic heterocycles. The topological polar surface area (TPSA) is 105 Å². The molecule has 7 nitrogen and oxygen atoms in total. The number of methoxy groups -OCH3 is 1. The van der Waals surface area contributed by atoms with E-state index in [1.165, 1.54) is 26.3 Å². The second kappa shape index (κ2) is 6.39. The van der Waals surface area contributed by atoms with E-state index in [2.05, 4.69) is 10.0 Å². The van der Waals surface area contributed by atoms with Gasteiger partial charge in [-0.1, -0.05) is 6.07 Å². The minimum absolute atomic E-state index is 0.0289. The summed E-state index contributed by atoms with van der Waals surface area (Å²) >= 11 is 0. The number of carbonyl (C=O) groups excluding carboxylic acids is 1. The van der Waals surface area contributed by atoms with Gasteiger partial charge in [0.25, 0.3) is 5.91 Å². The van der Waals surface area contributed by atoms with E-state index in [-0.39, 0.29) is 29.4 Å². The van der Waals surface area contributed by atoms with Crippen LogP contribution in [0.5, 0.6) is 11.5 Å². The fourth-order valence-corrected chi connectivity index (χ4v) is 1.94. The van der Waals surface area contributed by atoms with Gasteiger partial charge in [-0.25, -0.2) is 13.1 Å². The molecule has 1 aromatic carbocycles. The number of ether oxygens (including phenoxy) is 1. The maximum absolute atomic E-state index is 11.8. The first-order valence-electron chi connectivity index (χ1n) is 5.46. The summed E-state index contributed by atoms with van der Waals surface area (Å²) in [6.07, 6.45) is 0. The molecule has 19 heavy (non-hydrogen) atoms. The molecule has 8 heteroatoms. The average Bonchev–Trinajstić information content (AvgIpc) is 2.38. The fraction of sp³-hybridized carbons (Fsp3) is 0.364. The van der Waals surface area contributed by atoms with Gasteiger partial charge >= 0.3 is 0 Å². The zero-order chi connectivity index (χ0) is 14.5. The molecule has 0 saturated carbocycles. The predicted molar refractivity (Wildman–Crippen MR) is 69.8 cm³/mol. The van der Waals surface area contributed by atoms with E-state index in [0.717, 1.165) is 0 Å². The number of hydrogen-bond acceptors (Lipinski definition) is 5. The highest BCUT2D eigenvalue weighted by molar-refractivity contribution is 7.89. The highest BCUT2D eigenvalue weighted by Gasteiger charge is 2.15. The van der Waals surface area contributed by atoms with E-state index in [9.17, 15) is 18.3 Å². The molecule has 0 bridgehead atoms. The van der Waals surface area contributed by atoms with Crippen molar-refractivity contribution in [2.75, 3.05) is 26.5 Å². The third-order valence-electron chi connectivity index (χ3n) is 2.43. The summed E-state index contributed by atoms with van der Waals surface area (Å²) in [4.78, 5) is 11.8. The summed E-state index contributed by atoms with van der Waals surface area (Å²) in [5.41, 5.74) is 0.0289. The number of aromatic hydroxyl groups is 1. The predicted octanol–water partition coefficient (Wildman–Crippen LogP) is -0.320. The van der Waals surface area contributed by atoms with Crippen LogP contribution >= 0.6 is 0 Å². The third-order valence-corrected chi connectivity index (χ3v) is 3.79. The summed E-state index contributed by atoms with van der Waals surface area (Å²) in [5, 5.41) is 12.2. The van der Waals surface area contributed by atoms with E-state index in [4.69, 9.17) is 4.74 Å². The normalized spacial score (nSPS) is 11.1. The van der Waals surface area contributed by atoms with Crippen molar-refractivity contribution in [3.63, 3.8) is 0 Å². The lowest BCUT2D eigenvalue weighted by molar-refractivity contribution is 0.0953. The number of carbonyl (C=O) groups is 1. The molecular formula is C11H16N2O5S. The number of para-hydroxylation sites is 1. The SMILES string of the molecule is CNS(=O)(=O)CCNC(=O)c1cccc(OC)c1O. The molecule has 106 valence electrons. The Morgan fingerprint density at radius 3 is 2.68 bits per heavy atom. The third kappa shape index (κ3) is 4.11. The van der Waals surface area contributed by atoms with Crippen molar-refractivity contribution in [3.05, 3.63) is 23.8 Å². The summed E-state index contributed by atoms with van der Waals surface area (Å²) in [6.45, 7) is -0.0569. The molecule has 0 aliphatic carbocycles. The Hall–Kier alpha value is -1.80. The van der Waals surface area contributed by atoms with Crippen LogP contribution in [0.2, 0.25) is 0 Å². The van der Waals surface area contributed by atoms with Crippen molar-refractivity contribution in [2.45, 2.75) is 0 Å².